The van der Waals surface area contributed by atoms with Gasteiger partial charge in [-0.1, -0.05) is 17.7 Å². The van der Waals surface area contributed by atoms with Crippen molar-refractivity contribution in [2.45, 2.75) is 6.54 Å². The maximum Gasteiger partial charge on any atom is 0.128 e. The highest BCUT2D eigenvalue weighted by Crippen LogP contribution is 2.29. The standard InChI is InChI=1S/C17H16ClNO2/c1-20-16-7-6-13(18)10-12(16)11-19-9-8-14-15(19)4-3-5-17(14)21-2/h3-10H,11H2,1-2H3. The maximum absolute atomic E-state index is 6.10. The van der Waals surface area contributed by atoms with Crippen LogP contribution in [0.4, 0.5) is 0 Å². The van der Waals surface area contributed by atoms with Gasteiger partial charge in [0.2, 0.25) is 0 Å². The molecule has 0 aliphatic rings. The van der Waals surface area contributed by atoms with E-state index in [1.807, 2.05) is 36.5 Å². The lowest BCUT2D eigenvalue weighted by Gasteiger charge is -2.11. The number of nitrogens with zero attached hydrogens (tertiary/aromatic N) is 1. The van der Waals surface area contributed by atoms with Gasteiger partial charge >= 0.3 is 0 Å². The Morgan fingerprint density at radius 2 is 1.81 bits per heavy atom. The van der Waals surface area contributed by atoms with Crippen LogP contribution in [0.5, 0.6) is 11.5 Å². The first-order chi connectivity index (χ1) is 10.2. The van der Waals surface area contributed by atoms with E-state index in [1.165, 1.54) is 0 Å². The second kappa shape index (κ2) is 5.70. The molecule has 0 saturated carbocycles. The van der Waals surface area contributed by atoms with Gasteiger partial charge in [-0.15, -0.1) is 0 Å². The first kappa shape index (κ1) is 13.8. The van der Waals surface area contributed by atoms with E-state index in [9.17, 15) is 0 Å². The van der Waals surface area contributed by atoms with E-state index in [-0.39, 0.29) is 0 Å². The van der Waals surface area contributed by atoms with Crippen LogP contribution in [0.15, 0.2) is 48.7 Å². The fourth-order valence-corrected chi connectivity index (χ4v) is 2.76. The van der Waals surface area contributed by atoms with Crippen molar-refractivity contribution in [1.82, 2.24) is 4.57 Å². The van der Waals surface area contributed by atoms with Crippen molar-refractivity contribution in [2.24, 2.45) is 0 Å². The molecule has 1 aromatic heterocycles. The minimum atomic E-state index is 0.695. The number of halogens is 1. The average molecular weight is 302 g/mol. The minimum Gasteiger partial charge on any atom is -0.496 e. The Morgan fingerprint density at radius 1 is 1.00 bits per heavy atom. The first-order valence-electron chi connectivity index (χ1n) is 6.67. The lowest BCUT2D eigenvalue weighted by atomic mass is 10.2. The van der Waals surface area contributed by atoms with Crippen LogP contribution in [0.25, 0.3) is 10.9 Å². The predicted octanol–water partition coefficient (Wildman–Crippen LogP) is 4.36. The molecule has 3 aromatic rings. The summed E-state index contributed by atoms with van der Waals surface area (Å²) in [6.45, 7) is 0.695. The summed E-state index contributed by atoms with van der Waals surface area (Å²) in [6, 6.07) is 13.8. The molecule has 1 heterocycles. The smallest absolute Gasteiger partial charge is 0.128 e. The molecule has 0 fully saturated rings. The Hall–Kier alpha value is -2.13. The van der Waals surface area contributed by atoms with E-state index >= 15 is 0 Å². The highest BCUT2D eigenvalue weighted by atomic mass is 35.5. The average Bonchev–Trinajstić information content (AvgIpc) is 2.91. The Kier molecular flexibility index (Phi) is 3.76. The van der Waals surface area contributed by atoms with Crippen molar-refractivity contribution in [3.8, 4) is 11.5 Å². The zero-order valence-corrected chi connectivity index (χ0v) is 12.7. The van der Waals surface area contributed by atoms with Gasteiger partial charge in [-0.3, -0.25) is 0 Å². The molecule has 3 rings (SSSR count). The molecule has 0 spiro atoms. The molecule has 2 aromatic carbocycles. The molecule has 0 radical (unpaired) electrons. The van der Waals surface area contributed by atoms with Crippen molar-refractivity contribution in [3.05, 3.63) is 59.2 Å². The summed E-state index contributed by atoms with van der Waals surface area (Å²) in [5.41, 5.74) is 2.17. The molecule has 0 saturated heterocycles. The quantitative estimate of drug-likeness (QED) is 0.715. The molecule has 0 bridgehead atoms. The van der Waals surface area contributed by atoms with Gasteiger partial charge in [-0.05, 0) is 36.4 Å². The summed E-state index contributed by atoms with van der Waals surface area (Å²) in [5, 5.41) is 1.81. The number of benzene rings is 2. The van der Waals surface area contributed by atoms with Crippen LogP contribution in [0, 0.1) is 0 Å². The van der Waals surface area contributed by atoms with Gasteiger partial charge in [0, 0.05) is 22.2 Å². The number of ether oxygens (including phenoxy) is 2. The van der Waals surface area contributed by atoms with Gasteiger partial charge in [0.1, 0.15) is 11.5 Å². The number of hydrogen-bond donors (Lipinski definition) is 0. The summed E-state index contributed by atoms with van der Waals surface area (Å²) in [5.74, 6) is 1.72. The monoisotopic (exact) mass is 301 g/mol. The van der Waals surface area contributed by atoms with E-state index in [0.717, 1.165) is 28.0 Å². The number of methoxy groups -OCH3 is 2. The second-order valence-electron chi connectivity index (χ2n) is 4.79. The molecule has 3 nitrogen and oxygen atoms in total. The van der Waals surface area contributed by atoms with E-state index in [1.54, 1.807) is 14.2 Å². The normalized spacial score (nSPS) is 10.8. The molecule has 108 valence electrons. The van der Waals surface area contributed by atoms with Crippen molar-refractivity contribution in [3.63, 3.8) is 0 Å². The third-order valence-corrected chi connectivity index (χ3v) is 3.81. The topological polar surface area (TPSA) is 23.4 Å². The summed E-state index contributed by atoms with van der Waals surface area (Å²) in [4.78, 5) is 0. The fourth-order valence-electron chi connectivity index (χ4n) is 2.57. The summed E-state index contributed by atoms with van der Waals surface area (Å²) >= 11 is 6.10. The first-order valence-corrected chi connectivity index (χ1v) is 7.05. The van der Waals surface area contributed by atoms with Gasteiger partial charge in [0.05, 0.1) is 26.3 Å². The number of aromatic nitrogens is 1. The van der Waals surface area contributed by atoms with Gasteiger partial charge < -0.3 is 14.0 Å². The summed E-state index contributed by atoms with van der Waals surface area (Å²) in [6.07, 6.45) is 2.05. The molecule has 0 N–H and O–H groups in total. The number of rotatable bonds is 4. The Balaban J connectivity index is 2.05. The van der Waals surface area contributed by atoms with Crippen molar-refractivity contribution in [1.29, 1.82) is 0 Å². The summed E-state index contributed by atoms with van der Waals surface area (Å²) < 4.78 is 13.0. The third kappa shape index (κ3) is 2.57. The zero-order chi connectivity index (χ0) is 14.8. The lowest BCUT2D eigenvalue weighted by molar-refractivity contribution is 0.408. The molecular weight excluding hydrogens is 286 g/mol. The largest absolute Gasteiger partial charge is 0.496 e. The van der Waals surface area contributed by atoms with Crippen molar-refractivity contribution >= 4 is 22.5 Å². The van der Waals surface area contributed by atoms with Crippen LogP contribution in [-0.2, 0) is 6.54 Å². The van der Waals surface area contributed by atoms with Gasteiger partial charge in [0.25, 0.3) is 0 Å². The third-order valence-electron chi connectivity index (χ3n) is 3.58. The van der Waals surface area contributed by atoms with Gasteiger partial charge in [-0.25, -0.2) is 0 Å². The highest BCUT2D eigenvalue weighted by molar-refractivity contribution is 6.30. The SMILES string of the molecule is COc1ccc(Cl)cc1Cn1ccc2c(OC)cccc21. The van der Waals surface area contributed by atoms with Crippen molar-refractivity contribution in [2.75, 3.05) is 14.2 Å². The van der Waals surface area contributed by atoms with Gasteiger partial charge in [-0.2, -0.15) is 0 Å². The Labute approximate surface area is 128 Å². The van der Waals surface area contributed by atoms with E-state index in [4.69, 9.17) is 21.1 Å². The van der Waals surface area contributed by atoms with Crippen LogP contribution in [-0.4, -0.2) is 18.8 Å². The van der Waals surface area contributed by atoms with Crippen LogP contribution in [0.2, 0.25) is 5.02 Å². The number of hydrogen-bond acceptors (Lipinski definition) is 2. The summed E-state index contributed by atoms with van der Waals surface area (Å²) in [7, 11) is 3.36. The zero-order valence-electron chi connectivity index (χ0n) is 12.0. The molecular formula is C17H16ClNO2. The van der Waals surface area contributed by atoms with Gasteiger partial charge in [0.15, 0.2) is 0 Å². The lowest BCUT2D eigenvalue weighted by Crippen LogP contribution is -2.00. The highest BCUT2D eigenvalue weighted by Gasteiger charge is 2.09. The molecule has 21 heavy (non-hydrogen) atoms. The molecule has 0 unspecified atom stereocenters. The Bertz CT molecular complexity index is 780. The van der Waals surface area contributed by atoms with Crippen LogP contribution in [0.1, 0.15) is 5.56 Å². The Morgan fingerprint density at radius 3 is 2.57 bits per heavy atom. The molecule has 0 aliphatic carbocycles. The maximum atomic E-state index is 6.10. The minimum absolute atomic E-state index is 0.695. The van der Waals surface area contributed by atoms with E-state index in [0.29, 0.717) is 11.6 Å². The van der Waals surface area contributed by atoms with Crippen LogP contribution in [0.3, 0.4) is 0 Å². The van der Waals surface area contributed by atoms with E-state index in [2.05, 4.69) is 16.7 Å². The van der Waals surface area contributed by atoms with Crippen LogP contribution >= 0.6 is 11.6 Å². The fraction of sp³-hybridized carbons (Fsp3) is 0.176. The van der Waals surface area contributed by atoms with Crippen molar-refractivity contribution < 1.29 is 9.47 Å². The number of fused-ring (bicyclic) bond motifs is 1. The molecule has 0 atom stereocenters. The van der Waals surface area contributed by atoms with Crippen LogP contribution < -0.4 is 9.47 Å². The molecule has 0 aliphatic heterocycles. The molecule has 4 heteroatoms. The predicted molar refractivity (Wildman–Crippen MR) is 85.6 cm³/mol. The van der Waals surface area contributed by atoms with E-state index < -0.39 is 0 Å². The second-order valence-corrected chi connectivity index (χ2v) is 5.23. The molecule has 0 amide bonds.